The van der Waals surface area contributed by atoms with Crippen molar-refractivity contribution in [3.63, 3.8) is 0 Å². The van der Waals surface area contributed by atoms with Gasteiger partial charge in [0.25, 0.3) is 0 Å². The predicted molar refractivity (Wildman–Crippen MR) is 53.0 cm³/mol. The summed E-state index contributed by atoms with van der Waals surface area (Å²) in [6.45, 7) is 4.77. The Hall–Kier alpha value is 0.430. The van der Waals surface area contributed by atoms with E-state index in [1.54, 1.807) is 37.5 Å². The van der Waals surface area contributed by atoms with Crippen LogP contribution in [-0.2, 0) is 0 Å². The predicted octanol–water partition coefficient (Wildman–Crippen LogP) is 2.96. The van der Waals surface area contributed by atoms with Gasteiger partial charge >= 0.3 is 65.0 Å². The van der Waals surface area contributed by atoms with Gasteiger partial charge in [0.1, 0.15) is 0 Å². The fourth-order valence-corrected chi connectivity index (χ4v) is 7.31. The summed E-state index contributed by atoms with van der Waals surface area (Å²) in [5.74, 6) is 0. The van der Waals surface area contributed by atoms with Crippen molar-refractivity contribution >= 4 is 7.26 Å². The van der Waals surface area contributed by atoms with Crippen molar-refractivity contribution in [2.24, 2.45) is 0 Å². The zero-order valence-electron chi connectivity index (χ0n) is 7.45. The summed E-state index contributed by atoms with van der Waals surface area (Å²) in [7, 11) is -0.606. The van der Waals surface area contributed by atoms with E-state index in [-0.39, 0.29) is 0 Å². The van der Waals surface area contributed by atoms with Crippen molar-refractivity contribution in [2.75, 3.05) is 24.6 Å². The summed E-state index contributed by atoms with van der Waals surface area (Å²) in [5, 5.41) is 0. The molecule has 1 saturated heterocycles. The van der Waals surface area contributed by atoms with Crippen LogP contribution in [0.3, 0.4) is 0 Å². The molecule has 1 aliphatic heterocycles. The van der Waals surface area contributed by atoms with Gasteiger partial charge in [0.05, 0.1) is 0 Å². The maximum absolute atomic E-state index is 2.42. The molecule has 0 N–H and O–H groups in total. The Morgan fingerprint density at radius 1 is 1.10 bits per heavy atom. The third-order valence-electron chi connectivity index (χ3n) is 3.19. The first-order chi connectivity index (χ1) is 4.83. The molecule has 0 atom stereocenters. The summed E-state index contributed by atoms with van der Waals surface area (Å²) in [6, 6.07) is 0. The van der Waals surface area contributed by atoms with Crippen LogP contribution in [0.2, 0.25) is 0 Å². The monoisotopic (exact) mass is 160 g/mol. The minimum atomic E-state index is -0.606. The van der Waals surface area contributed by atoms with Crippen molar-refractivity contribution in [3.8, 4) is 0 Å². The first-order valence-electron chi connectivity index (χ1n) is 4.83. The summed E-state index contributed by atoms with van der Waals surface area (Å²) < 4.78 is 0. The van der Waals surface area contributed by atoms with Gasteiger partial charge in [0.15, 0.2) is 0 Å². The van der Waals surface area contributed by atoms with Crippen LogP contribution in [0.4, 0.5) is 0 Å². The molecule has 1 heterocycles. The van der Waals surface area contributed by atoms with Gasteiger partial charge < -0.3 is 0 Å². The molecule has 0 aromatic rings. The third kappa shape index (κ3) is 1.72. The molecule has 0 spiro atoms. The molecule has 0 aliphatic carbocycles. The topological polar surface area (TPSA) is 0 Å². The van der Waals surface area contributed by atoms with Gasteiger partial charge in [-0.1, -0.05) is 0 Å². The maximum atomic E-state index is 2.42. The van der Waals surface area contributed by atoms with Crippen LogP contribution >= 0.6 is 7.26 Å². The number of hydrogen-bond acceptors (Lipinski definition) is 0. The van der Waals surface area contributed by atoms with E-state index in [9.17, 15) is 0 Å². The summed E-state index contributed by atoms with van der Waals surface area (Å²) in [5.41, 5.74) is 0. The van der Waals surface area contributed by atoms with E-state index in [0.29, 0.717) is 0 Å². The Kier molecular flexibility index (Phi) is 3.17. The van der Waals surface area contributed by atoms with E-state index in [1.807, 2.05) is 0 Å². The summed E-state index contributed by atoms with van der Waals surface area (Å²) >= 11 is 0. The van der Waals surface area contributed by atoms with E-state index in [1.165, 1.54) is 6.42 Å². The van der Waals surface area contributed by atoms with E-state index in [4.69, 9.17) is 0 Å². The quantitative estimate of drug-likeness (QED) is 0.557. The summed E-state index contributed by atoms with van der Waals surface area (Å²) in [6.07, 6.45) is 11.0. The Labute approximate surface area is 65.7 Å². The van der Waals surface area contributed by atoms with E-state index >= 15 is 0 Å². The molecule has 10 heavy (non-hydrogen) atoms. The van der Waals surface area contributed by atoms with Crippen LogP contribution in [0.15, 0.2) is 0 Å². The summed E-state index contributed by atoms with van der Waals surface area (Å²) in [4.78, 5) is 0. The van der Waals surface area contributed by atoms with Crippen LogP contribution in [-0.4, -0.2) is 24.6 Å². The average Bonchev–Trinajstić information content (AvgIpc) is 2.39. The molecule has 1 fully saturated rings. The van der Waals surface area contributed by atoms with Crippen LogP contribution in [0.1, 0.15) is 33.1 Å². The Balaban J connectivity index is 2.41. The van der Waals surface area contributed by atoms with Gasteiger partial charge in [0.2, 0.25) is 0 Å². The molecule has 0 saturated carbocycles. The first kappa shape index (κ1) is 8.53. The molecular weight excluding hydrogens is 139 g/mol. The van der Waals surface area contributed by atoms with Gasteiger partial charge in [-0.05, 0) is 0 Å². The van der Waals surface area contributed by atoms with Crippen LogP contribution in [0.25, 0.3) is 0 Å². The van der Waals surface area contributed by atoms with Gasteiger partial charge in [-0.25, -0.2) is 0 Å². The van der Waals surface area contributed by atoms with Gasteiger partial charge in [-0.3, -0.25) is 0 Å². The third-order valence-corrected chi connectivity index (χ3v) is 9.08. The fourth-order valence-electron chi connectivity index (χ4n) is 2.44. The van der Waals surface area contributed by atoms with Crippen LogP contribution < -0.4 is 0 Å². The SMILES string of the molecule is CCC[PH]1(CC)CCCC1. The fraction of sp³-hybridized carbons (Fsp3) is 1.00. The normalized spacial score (nSPS) is 26.6. The van der Waals surface area contributed by atoms with Crippen LogP contribution in [0.5, 0.6) is 0 Å². The van der Waals surface area contributed by atoms with E-state index in [0.717, 1.165) is 0 Å². The molecule has 0 amide bonds. The van der Waals surface area contributed by atoms with Gasteiger partial charge in [0, 0.05) is 0 Å². The van der Waals surface area contributed by atoms with Crippen molar-refractivity contribution in [1.82, 2.24) is 0 Å². The standard InChI is InChI=1S/C9H21P/c1-3-7-10(4-2)8-5-6-9-10/h10H,3-9H2,1-2H3. The average molecular weight is 160 g/mol. The molecule has 0 aromatic heterocycles. The van der Waals surface area contributed by atoms with Gasteiger partial charge in [-0.15, -0.1) is 0 Å². The number of hydrogen-bond donors (Lipinski definition) is 0. The zero-order valence-corrected chi connectivity index (χ0v) is 8.45. The molecule has 1 heteroatoms. The molecule has 62 valence electrons. The second-order valence-electron chi connectivity index (χ2n) is 3.81. The molecule has 0 radical (unpaired) electrons. The molecule has 0 bridgehead atoms. The van der Waals surface area contributed by atoms with Crippen molar-refractivity contribution < 1.29 is 0 Å². The zero-order chi connectivity index (χ0) is 7.45. The van der Waals surface area contributed by atoms with Crippen molar-refractivity contribution in [2.45, 2.75) is 33.1 Å². The Bertz CT molecular complexity index is 92.9. The van der Waals surface area contributed by atoms with Crippen LogP contribution in [0, 0.1) is 0 Å². The molecule has 1 rings (SSSR count). The Morgan fingerprint density at radius 2 is 1.70 bits per heavy atom. The molecule has 0 aromatic carbocycles. The van der Waals surface area contributed by atoms with Crippen molar-refractivity contribution in [3.05, 3.63) is 0 Å². The van der Waals surface area contributed by atoms with Crippen molar-refractivity contribution in [1.29, 1.82) is 0 Å². The minimum absolute atomic E-state index is 0.606. The second kappa shape index (κ2) is 3.72. The second-order valence-corrected chi connectivity index (χ2v) is 9.02. The van der Waals surface area contributed by atoms with E-state index < -0.39 is 7.26 Å². The molecular formula is C9H21P. The first-order valence-corrected chi connectivity index (χ1v) is 7.66. The molecule has 0 nitrogen and oxygen atoms in total. The van der Waals surface area contributed by atoms with Gasteiger partial charge in [-0.2, -0.15) is 0 Å². The van der Waals surface area contributed by atoms with E-state index in [2.05, 4.69) is 13.8 Å². The molecule has 0 unspecified atom stereocenters. The number of rotatable bonds is 3. The Morgan fingerprint density at radius 3 is 2.10 bits per heavy atom. The molecule has 1 aliphatic rings.